The molecule has 2 radical (unpaired) electrons. The summed E-state index contributed by atoms with van der Waals surface area (Å²) < 4.78 is 10.8. The summed E-state index contributed by atoms with van der Waals surface area (Å²) in [6.45, 7) is 3.40. The lowest BCUT2D eigenvalue weighted by atomic mass is 10.2. The molecule has 0 aliphatic heterocycles. The maximum absolute atomic E-state index is 8.84. The minimum Gasteiger partial charge on any atom is -0.492 e. The number of hydrogen-bond donors (Lipinski definition) is 0. The van der Waals surface area contributed by atoms with Gasteiger partial charge in [-0.25, -0.2) is 0 Å². The van der Waals surface area contributed by atoms with E-state index in [2.05, 4.69) is 6.07 Å². The Morgan fingerprint density at radius 3 is 2.94 bits per heavy atom. The zero-order valence-electron chi connectivity index (χ0n) is 9.40. The van der Waals surface area contributed by atoms with E-state index in [1.54, 1.807) is 6.07 Å². The van der Waals surface area contributed by atoms with E-state index in [0.717, 1.165) is 19.1 Å². The van der Waals surface area contributed by atoms with Crippen LogP contribution in [-0.4, -0.2) is 23.0 Å². The van der Waals surface area contributed by atoms with Gasteiger partial charge >= 0.3 is 0 Å². The summed E-state index contributed by atoms with van der Waals surface area (Å²) in [7, 11) is 0.552. The van der Waals surface area contributed by atoms with Crippen LogP contribution in [0, 0.1) is 11.3 Å². The fourth-order valence-electron chi connectivity index (χ4n) is 1.19. The normalized spacial score (nSPS) is 9.75. The van der Waals surface area contributed by atoms with E-state index in [0.29, 0.717) is 27.7 Å². The standard InChI is InChI=1S/C12H15NO2Si/c1-2-15-16-9-5-8-14-12-7-4-3-6-11(12)10-13/h3-4,6-7H,2,5,8-9H2,1H3. The van der Waals surface area contributed by atoms with Crippen molar-refractivity contribution in [3.8, 4) is 11.8 Å². The number of ether oxygens (including phenoxy) is 1. The van der Waals surface area contributed by atoms with Crippen LogP contribution in [0.4, 0.5) is 0 Å². The summed E-state index contributed by atoms with van der Waals surface area (Å²) in [5.74, 6) is 0.671. The first-order chi connectivity index (χ1) is 7.88. The molecule has 4 heteroatoms. The average molecular weight is 233 g/mol. The second-order valence-corrected chi connectivity index (χ2v) is 4.21. The third-order valence-electron chi connectivity index (χ3n) is 1.93. The molecule has 0 atom stereocenters. The fraction of sp³-hybridized carbons (Fsp3) is 0.417. The monoisotopic (exact) mass is 233 g/mol. The summed E-state index contributed by atoms with van der Waals surface area (Å²) in [6, 6.07) is 10.4. The number of hydrogen-bond acceptors (Lipinski definition) is 3. The topological polar surface area (TPSA) is 42.2 Å². The van der Waals surface area contributed by atoms with E-state index in [-0.39, 0.29) is 0 Å². The smallest absolute Gasteiger partial charge is 0.229 e. The molecule has 0 bridgehead atoms. The van der Waals surface area contributed by atoms with Gasteiger partial charge in [0.1, 0.15) is 11.8 Å². The van der Waals surface area contributed by atoms with Crippen molar-refractivity contribution in [3.05, 3.63) is 29.8 Å². The van der Waals surface area contributed by atoms with Gasteiger partial charge in [-0.1, -0.05) is 12.1 Å². The predicted octanol–water partition coefficient (Wildman–Crippen LogP) is 2.40. The molecular weight excluding hydrogens is 218 g/mol. The molecule has 0 aliphatic rings. The summed E-state index contributed by atoms with van der Waals surface area (Å²) in [6.07, 6.45) is 0.957. The van der Waals surface area contributed by atoms with Gasteiger partial charge < -0.3 is 9.16 Å². The van der Waals surface area contributed by atoms with E-state index in [1.807, 2.05) is 25.1 Å². The van der Waals surface area contributed by atoms with E-state index >= 15 is 0 Å². The van der Waals surface area contributed by atoms with Crippen molar-refractivity contribution in [3.63, 3.8) is 0 Å². The zero-order valence-corrected chi connectivity index (χ0v) is 10.4. The first kappa shape index (κ1) is 12.8. The van der Waals surface area contributed by atoms with Crippen LogP contribution >= 0.6 is 0 Å². The van der Waals surface area contributed by atoms with Gasteiger partial charge in [-0.2, -0.15) is 5.26 Å². The molecule has 1 rings (SSSR count). The molecule has 84 valence electrons. The Labute approximate surface area is 98.9 Å². The number of nitrogens with zero attached hydrogens (tertiary/aromatic N) is 1. The number of rotatable bonds is 7. The van der Waals surface area contributed by atoms with Gasteiger partial charge in [-0.05, 0) is 31.5 Å². The van der Waals surface area contributed by atoms with Crippen molar-refractivity contribution in [2.24, 2.45) is 0 Å². The Morgan fingerprint density at radius 2 is 2.19 bits per heavy atom. The van der Waals surface area contributed by atoms with Gasteiger partial charge in [0.25, 0.3) is 0 Å². The Hall–Kier alpha value is -1.31. The van der Waals surface area contributed by atoms with Gasteiger partial charge in [-0.3, -0.25) is 0 Å². The Balaban J connectivity index is 2.24. The first-order valence-electron chi connectivity index (χ1n) is 5.35. The molecule has 0 aromatic heterocycles. The van der Waals surface area contributed by atoms with Crippen LogP contribution in [0.5, 0.6) is 5.75 Å². The molecule has 1 aromatic rings. The van der Waals surface area contributed by atoms with Crippen LogP contribution in [0.2, 0.25) is 6.04 Å². The molecule has 0 N–H and O–H groups in total. The summed E-state index contributed by atoms with van der Waals surface area (Å²) in [4.78, 5) is 0. The van der Waals surface area contributed by atoms with Gasteiger partial charge in [0.15, 0.2) is 0 Å². The summed E-state index contributed by atoms with van der Waals surface area (Å²) in [5.41, 5.74) is 0.592. The molecular formula is C12H15NO2Si. The minimum atomic E-state index is 0.552. The quantitative estimate of drug-likeness (QED) is 0.536. The van der Waals surface area contributed by atoms with Crippen LogP contribution in [0.15, 0.2) is 24.3 Å². The molecule has 0 amide bonds. The molecule has 3 nitrogen and oxygen atoms in total. The molecule has 0 heterocycles. The number of nitriles is 1. The predicted molar refractivity (Wildman–Crippen MR) is 63.5 cm³/mol. The fourth-order valence-corrected chi connectivity index (χ4v) is 1.82. The lowest BCUT2D eigenvalue weighted by Crippen LogP contribution is -2.03. The highest BCUT2D eigenvalue weighted by molar-refractivity contribution is 6.26. The van der Waals surface area contributed by atoms with Crippen LogP contribution in [0.1, 0.15) is 18.9 Å². The third kappa shape index (κ3) is 4.47. The van der Waals surface area contributed by atoms with E-state index in [9.17, 15) is 0 Å². The Bertz CT molecular complexity index is 349. The molecule has 0 spiro atoms. The van der Waals surface area contributed by atoms with Gasteiger partial charge in [-0.15, -0.1) is 0 Å². The van der Waals surface area contributed by atoms with Crippen LogP contribution in [-0.2, 0) is 4.43 Å². The molecule has 1 aromatic carbocycles. The molecule has 0 saturated heterocycles. The average Bonchev–Trinajstić information content (AvgIpc) is 2.34. The maximum Gasteiger partial charge on any atom is 0.229 e. The second-order valence-electron chi connectivity index (χ2n) is 3.14. The number of benzene rings is 1. The highest BCUT2D eigenvalue weighted by Gasteiger charge is 2.00. The van der Waals surface area contributed by atoms with Crippen molar-refractivity contribution in [1.29, 1.82) is 5.26 Å². The van der Waals surface area contributed by atoms with Crippen LogP contribution < -0.4 is 4.74 Å². The Kier molecular flexibility index (Phi) is 6.31. The summed E-state index contributed by atoms with van der Waals surface area (Å²) in [5, 5.41) is 8.84. The SMILES string of the molecule is CCO[Si]CCCOc1ccccc1C#N. The maximum atomic E-state index is 8.84. The summed E-state index contributed by atoms with van der Waals surface area (Å²) >= 11 is 0. The largest absolute Gasteiger partial charge is 0.492 e. The minimum absolute atomic E-state index is 0.552. The highest BCUT2D eigenvalue weighted by Crippen LogP contribution is 2.16. The van der Waals surface area contributed by atoms with E-state index in [1.165, 1.54) is 0 Å². The molecule has 0 unspecified atom stereocenters. The lowest BCUT2D eigenvalue weighted by Gasteiger charge is -2.06. The van der Waals surface area contributed by atoms with Crippen molar-refractivity contribution in [2.45, 2.75) is 19.4 Å². The van der Waals surface area contributed by atoms with Crippen molar-refractivity contribution >= 4 is 9.76 Å². The van der Waals surface area contributed by atoms with Gasteiger partial charge in [0.2, 0.25) is 9.76 Å². The Morgan fingerprint density at radius 1 is 1.38 bits per heavy atom. The number of para-hydroxylation sites is 1. The highest BCUT2D eigenvalue weighted by atomic mass is 28.2. The van der Waals surface area contributed by atoms with Crippen LogP contribution in [0.25, 0.3) is 0 Å². The van der Waals surface area contributed by atoms with Crippen molar-refractivity contribution < 1.29 is 9.16 Å². The molecule has 0 saturated carbocycles. The van der Waals surface area contributed by atoms with Gasteiger partial charge in [0.05, 0.1) is 12.2 Å². The molecule has 0 aliphatic carbocycles. The zero-order chi connectivity index (χ0) is 11.6. The first-order valence-corrected chi connectivity index (χ1v) is 6.46. The van der Waals surface area contributed by atoms with Crippen molar-refractivity contribution in [2.75, 3.05) is 13.2 Å². The van der Waals surface area contributed by atoms with Crippen molar-refractivity contribution in [1.82, 2.24) is 0 Å². The molecule has 0 fully saturated rings. The van der Waals surface area contributed by atoms with E-state index < -0.39 is 0 Å². The van der Waals surface area contributed by atoms with E-state index in [4.69, 9.17) is 14.4 Å². The second kappa shape index (κ2) is 7.91. The third-order valence-corrected chi connectivity index (χ3v) is 2.99. The van der Waals surface area contributed by atoms with Crippen LogP contribution in [0.3, 0.4) is 0 Å². The lowest BCUT2D eigenvalue weighted by molar-refractivity contribution is 0.310. The van der Waals surface area contributed by atoms with Gasteiger partial charge in [0, 0.05) is 6.61 Å². The molecule has 16 heavy (non-hydrogen) atoms.